The fourth-order valence-corrected chi connectivity index (χ4v) is 3.84. The van der Waals surface area contributed by atoms with E-state index in [4.69, 9.17) is 0 Å². The van der Waals surface area contributed by atoms with Gasteiger partial charge in [-0.1, -0.05) is 35.9 Å². The minimum absolute atomic E-state index is 0.0266. The van der Waals surface area contributed by atoms with Gasteiger partial charge in [-0.05, 0) is 37.5 Å². The van der Waals surface area contributed by atoms with E-state index in [2.05, 4.69) is 10.3 Å². The van der Waals surface area contributed by atoms with E-state index in [-0.39, 0.29) is 17.6 Å². The maximum Gasteiger partial charge on any atom is 0.376 e. The molecule has 0 aliphatic carbocycles. The summed E-state index contributed by atoms with van der Waals surface area (Å²) < 4.78 is 1.17. The first kappa shape index (κ1) is 20.5. The molecule has 0 saturated carbocycles. The summed E-state index contributed by atoms with van der Waals surface area (Å²) in [5.41, 5.74) is 1.31. The molecule has 3 heterocycles. The lowest BCUT2D eigenvalue weighted by molar-refractivity contribution is -0.385. The Morgan fingerprint density at radius 2 is 1.90 bits per heavy atom. The number of amides is 1. The molecule has 2 aromatic heterocycles. The molecule has 9 heteroatoms. The highest BCUT2D eigenvalue weighted by molar-refractivity contribution is 5.79. The second-order valence-corrected chi connectivity index (χ2v) is 7.74. The van der Waals surface area contributed by atoms with Crippen molar-refractivity contribution in [1.82, 2.24) is 14.7 Å². The normalized spacial score (nSPS) is 14.5. The molecule has 1 saturated heterocycles. The highest BCUT2D eigenvalue weighted by Gasteiger charge is 2.32. The molecular weight excluding hydrogens is 398 g/mol. The highest BCUT2D eigenvalue weighted by Crippen LogP contribution is 2.28. The van der Waals surface area contributed by atoms with Gasteiger partial charge in [0.15, 0.2) is 0 Å². The fraction of sp³-hybridized carbons (Fsp3) is 0.318. The van der Waals surface area contributed by atoms with Gasteiger partial charge in [-0.2, -0.15) is 0 Å². The van der Waals surface area contributed by atoms with Crippen molar-refractivity contribution in [2.24, 2.45) is 5.92 Å². The number of nitro groups is 1. The molecule has 1 aliphatic heterocycles. The first-order chi connectivity index (χ1) is 14.9. The Hall–Kier alpha value is -3.75. The standard InChI is InChI=1S/C22H23N5O4/c1-15-5-7-16(8-6-15)14-23-21(28)17-9-12-25(13-10-17)20-19(27(30)31)22(29)26-11-3-2-4-18(26)24-20/h2-8,11,17H,9-10,12-14H2,1H3,(H,23,28). The zero-order valence-corrected chi connectivity index (χ0v) is 17.2. The van der Waals surface area contributed by atoms with Gasteiger partial charge in [-0.3, -0.25) is 24.1 Å². The number of anilines is 1. The Morgan fingerprint density at radius 1 is 1.19 bits per heavy atom. The third-order valence-corrected chi connectivity index (χ3v) is 5.63. The molecule has 1 aromatic carbocycles. The Bertz CT molecular complexity index is 1180. The van der Waals surface area contributed by atoms with Crippen LogP contribution in [0, 0.1) is 23.0 Å². The predicted molar refractivity (Wildman–Crippen MR) is 116 cm³/mol. The number of nitrogens with one attached hydrogen (secondary N) is 1. The van der Waals surface area contributed by atoms with Crippen molar-refractivity contribution in [2.75, 3.05) is 18.0 Å². The van der Waals surface area contributed by atoms with Crippen LogP contribution in [-0.4, -0.2) is 33.3 Å². The summed E-state index contributed by atoms with van der Waals surface area (Å²) in [6, 6.07) is 13.0. The van der Waals surface area contributed by atoms with Gasteiger partial charge in [0.1, 0.15) is 5.65 Å². The second-order valence-electron chi connectivity index (χ2n) is 7.74. The number of hydrogen-bond acceptors (Lipinski definition) is 6. The lowest BCUT2D eigenvalue weighted by Gasteiger charge is -2.31. The average Bonchev–Trinajstić information content (AvgIpc) is 2.78. The van der Waals surface area contributed by atoms with Crippen LogP contribution in [0.2, 0.25) is 0 Å². The number of pyridine rings is 1. The summed E-state index contributed by atoms with van der Waals surface area (Å²) in [5.74, 6) is -0.136. The molecular formula is C22H23N5O4. The maximum absolute atomic E-state index is 12.6. The number of nitrogens with zero attached hydrogens (tertiary/aromatic N) is 4. The smallest absolute Gasteiger partial charge is 0.352 e. The van der Waals surface area contributed by atoms with Gasteiger partial charge in [-0.15, -0.1) is 0 Å². The summed E-state index contributed by atoms with van der Waals surface area (Å²) in [5, 5.41) is 14.6. The lowest BCUT2D eigenvalue weighted by atomic mass is 9.95. The van der Waals surface area contributed by atoms with Gasteiger partial charge in [-0.25, -0.2) is 4.98 Å². The van der Waals surface area contributed by atoms with Gasteiger partial charge in [0.2, 0.25) is 11.7 Å². The van der Waals surface area contributed by atoms with E-state index in [1.165, 1.54) is 16.2 Å². The van der Waals surface area contributed by atoms with Gasteiger partial charge in [0.25, 0.3) is 0 Å². The van der Waals surface area contributed by atoms with E-state index in [1.54, 1.807) is 23.1 Å². The molecule has 1 aliphatic rings. The average molecular weight is 421 g/mol. The predicted octanol–water partition coefficient (Wildman–Crippen LogP) is 2.44. The number of fused-ring (bicyclic) bond motifs is 1. The zero-order valence-electron chi connectivity index (χ0n) is 17.2. The molecule has 4 rings (SSSR count). The van der Waals surface area contributed by atoms with Gasteiger partial charge in [0.05, 0.1) is 4.92 Å². The second kappa shape index (κ2) is 8.55. The number of aryl methyl sites for hydroxylation is 1. The van der Waals surface area contributed by atoms with Crippen molar-refractivity contribution < 1.29 is 9.72 Å². The van der Waals surface area contributed by atoms with Crippen LogP contribution in [-0.2, 0) is 11.3 Å². The molecule has 0 bridgehead atoms. The number of carbonyl (C=O) groups excluding carboxylic acids is 1. The molecule has 9 nitrogen and oxygen atoms in total. The summed E-state index contributed by atoms with van der Waals surface area (Å²) in [7, 11) is 0. The van der Waals surface area contributed by atoms with E-state index >= 15 is 0 Å². The molecule has 160 valence electrons. The maximum atomic E-state index is 12.6. The summed E-state index contributed by atoms with van der Waals surface area (Å²) in [6.07, 6.45) is 2.53. The third kappa shape index (κ3) is 4.25. The van der Waals surface area contributed by atoms with Crippen molar-refractivity contribution in [2.45, 2.75) is 26.3 Å². The SMILES string of the molecule is Cc1ccc(CNC(=O)C2CCN(c3nc4ccccn4c(=O)c3[N+](=O)[O-])CC2)cc1. The van der Waals surface area contributed by atoms with Crippen molar-refractivity contribution in [3.8, 4) is 0 Å². The number of piperidine rings is 1. The minimum atomic E-state index is -0.705. The van der Waals surface area contributed by atoms with Crippen molar-refractivity contribution in [3.05, 3.63) is 80.3 Å². The van der Waals surface area contributed by atoms with Crippen LogP contribution in [0.15, 0.2) is 53.5 Å². The summed E-state index contributed by atoms with van der Waals surface area (Å²) >= 11 is 0. The van der Waals surface area contributed by atoms with Crippen LogP contribution in [0.4, 0.5) is 11.5 Å². The number of hydrogen-bond donors (Lipinski definition) is 1. The molecule has 0 radical (unpaired) electrons. The van der Waals surface area contributed by atoms with Crippen LogP contribution in [0.25, 0.3) is 5.65 Å². The summed E-state index contributed by atoms with van der Waals surface area (Å²) in [6.45, 7) is 3.31. The van der Waals surface area contributed by atoms with Crippen LogP contribution < -0.4 is 15.8 Å². The van der Waals surface area contributed by atoms with Crippen molar-refractivity contribution in [1.29, 1.82) is 0 Å². The number of benzene rings is 1. The first-order valence-corrected chi connectivity index (χ1v) is 10.2. The Morgan fingerprint density at radius 3 is 2.58 bits per heavy atom. The van der Waals surface area contributed by atoms with Crippen LogP contribution >= 0.6 is 0 Å². The molecule has 0 atom stereocenters. The van der Waals surface area contributed by atoms with E-state index < -0.39 is 16.2 Å². The minimum Gasteiger partial charge on any atom is -0.352 e. The Labute approximate surface area is 178 Å². The van der Waals surface area contributed by atoms with E-state index in [9.17, 15) is 19.7 Å². The first-order valence-electron chi connectivity index (χ1n) is 10.2. The quantitative estimate of drug-likeness (QED) is 0.501. The van der Waals surface area contributed by atoms with Crippen LogP contribution in [0.3, 0.4) is 0 Å². The number of rotatable bonds is 5. The monoisotopic (exact) mass is 421 g/mol. The van der Waals surface area contributed by atoms with Gasteiger partial charge < -0.3 is 10.2 Å². The van der Waals surface area contributed by atoms with E-state index in [0.717, 1.165) is 5.56 Å². The van der Waals surface area contributed by atoms with E-state index in [1.807, 2.05) is 31.2 Å². The zero-order chi connectivity index (χ0) is 22.0. The Kier molecular flexibility index (Phi) is 5.66. The molecule has 1 N–H and O–H groups in total. The Balaban J connectivity index is 1.46. The molecule has 3 aromatic rings. The van der Waals surface area contributed by atoms with Crippen LogP contribution in [0.5, 0.6) is 0 Å². The molecule has 0 unspecified atom stereocenters. The number of carbonyl (C=O) groups is 1. The molecule has 1 fully saturated rings. The molecule has 1 amide bonds. The molecule has 0 spiro atoms. The topological polar surface area (TPSA) is 110 Å². The molecule has 31 heavy (non-hydrogen) atoms. The fourth-order valence-electron chi connectivity index (χ4n) is 3.84. The lowest BCUT2D eigenvalue weighted by Crippen LogP contribution is -2.41. The summed E-state index contributed by atoms with van der Waals surface area (Å²) in [4.78, 5) is 42.3. The van der Waals surface area contributed by atoms with Gasteiger partial charge >= 0.3 is 11.2 Å². The van der Waals surface area contributed by atoms with Gasteiger partial charge in [0, 0.05) is 31.7 Å². The van der Waals surface area contributed by atoms with E-state index in [0.29, 0.717) is 38.1 Å². The van der Waals surface area contributed by atoms with Crippen LogP contribution in [0.1, 0.15) is 24.0 Å². The largest absolute Gasteiger partial charge is 0.376 e. The van der Waals surface area contributed by atoms with Crippen molar-refractivity contribution in [3.63, 3.8) is 0 Å². The highest BCUT2D eigenvalue weighted by atomic mass is 16.6. The number of aromatic nitrogens is 2. The van der Waals surface area contributed by atoms with Crippen molar-refractivity contribution >= 4 is 23.1 Å². The third-order valence-electron chi connectivity index (χ3n) is 5.63.